The molecule has 0 aliphatic rings. The average Bonchev–Trinajstić information content (AvgIpc) is 2.44. The Morgan fingerprint density at radius 2 is 1.75 bits per heavy atom. The van der Waals surface area contributed by atoms with Gasteiger partial charge in [0.15, 0.2) is 0 Å². The van der Waals surface area contributed by atoms with Crippen molar-refractivity contribution >= 4 is 11.9 Å². The lowest BCUT2D eigenvalue weighted by atomic mass is 10.0. The van der Waals surface area contributed by atoms with Gasteiger partial charge in [-0.1, -0.05) is 32.4 Å². The third kappa shape index (κ3) is 4.68. The van der Waals surface area contributed by atoms with Crippen LogP contribution in [0.5, 0.6) is 0 Å². The number of hydrogen-bond acceptors (Lipinski definition) is 3. The first-order chi connectivity index (χ1) is 9.45. The van der Waals surface area contributed by atoms with Gasteiger partial charge in [-0.25, -0.2) is 9.59 Å². The van der Waals surface area contributed by atoms with Crippen LogP contribution < -0.4 is 0 Å². The van der Waals surface area contributed by atoms with Crippen LogP contribution in [0.1, 0.15) is 60.7 Å². The Hall–Kier alpha value is -1.84. The second-order valence-corrected chi connectivity index (χ2v) is 5.16. The molecular formula is C16H22O4. The highest BCUT2D eigenvalue weighted by atomic mass is 16.5. The van der Waals surface area contributed by atoms with Gasteiger partial charge in [-0.15, -0.1) is 0 Å². The lowest BCUT2D eigenvalue weighted by molar-refractivity contribution is 0.0306. The van der Waals surface area contributed by atoms with Crippen LogP contribution in [0.2, 0.25) is 0 Å². The smallest absolute Gasteiger partial charge is 0.339 e. The minimum absolute atomic E-state index is 0.0216. The third-order valence-corrected chi connectivity index (χ3v) is 3.45. The SMILES string of the molecule is CCC(C)CCC(C)OC(=O)c1ccccc1C(=O)O. The Bertz CT molecular complexity index is 467. The molecule has 1 N–H and O–H groups in total. The summed E-state index contributed by atoms with van der Waals surface area (Å²) in [6, 6.07) is 6.11. The predicted octanol–water partition coefficient (Wildman–Crippen LogP) is 3.76. The minimum atomic E-state index is -1.12. The van der Waals surface area contributed by atoms with E-state index in [2.05, 4.69) is 13.8 Å². The highest BCUT2D eigenvalue weighted by Gasteiger charge is 2.19. The van der Waals surface area contributed by atoms with Crippen molar-refractivity contribution in [3.8, 4) is 0 Å². The Morgan fingerprint density at radius 3 is 2.30 bits per heavy atom. The standard InChI is InChI=1S/C16H22O4/c1-4-11(2)9-10-12(3)20-16(19)14-8-6-5-7-13(14)15(17)18/h5-8,11-12H,4,9-10H2,1-3H3,(H,17,18). The normalized spacial score (nSPS) is 13.6. The molecule has 0 fully saturated rings. The second kappa shape index (κ2) is 7.68. The fourth-order valence-corrected chi connectivity index (χ4v) is 1.88. The molecule has 110 valence electrons. The Labute approximate surface area is 119 Å². The maximum atomic E-state index is 12.0. The fraction of sp³-hybridized carbons (Fsp3) is 0.500. The van der Waals surface area contributed by atoms with E-state index in [4.69, 9.17) is 9.84 Å². The van der Waals surface area contributed by atoms with Crippen LogP contribution in [0.15, 0.2) is 24.3 Å². The van der Waals surface area contributed by atoms with E-state index in [9.17, 15) is 9.59 Å². The largest absolute Gasteiger partial charge is 0.478 e. The van der Waals surface area contributed by atoms with Gasteiger partial charge in [0.05, 0.1) is 17.2 Å². The summed E-state index contributed by atoms with van der Waals surface area (Å²) >= 11 is 0. The van der Waals surface area contributed by atoms with E-state index in [0.29, 0.717) is 5.92 Å². The molecule has 4 nitrogen and oxygen atoms in total. The number of ether oxygens (including phenoxy) is 1. The maximum absolute atomic E-state index is 12.0. The van der Waals surface area contributed by atoms with Gasteiger partial charge in [-0.3, -0.25) is 0 Å². The zero-order valence-electron chi connectivity index (χ0n) is 12.3. The summed E-state index contributed by atoms with van der Waals surface area (Å²) in [5.74, 6) is -1.09. The van der Waals surface area contributed by atoms with Crippen LogP contribution in [0.4, 0.5) is 0 Å². The van der Waals surface area contributed by atoms with Gasteiger partial charge in [-0.2, -0.15) is 0 Å². The number of esters is 1. The Morgan fingerprint density at radius 1 is 1.15 bits per heavy atom. The molecule has 0 aliphatic carbocycles. The number of benzene rings is 1. The monoisotopic (exact) mass is 278 g/mol. The second-order valence-electron chi connectivity index (χ2n) is 5.16. The molecule has 0 spiro atoms. The molecule has 1 aromatic carbocycles. The molecule has 2 atom stereocenters. The number of carboxylic acid groups (broad SMARTS) is 1. The zero-order chi connectivity index (χ0) is 15.1. The number of carboxylic acids is 1. The van der Waals surface area contributed by atoms with Crippen LogP contribution in [-0.4, -0.2) is 23.1 Å². The highest BCUT2D eigenvalue weighted by Crippen LogP contribution is 2.16. The van der Waals surface area contributed by atoms with Crippen molar-refractivity contribution in [3.05, 3.63) is 35.4 Å². The number of rotatable bonds is 7. The maximum Gasteiger partial charge on any atom is 0.339 e. The highest BCUT2D eigenvalue weighted by molar-refractivity contribution is 6.02. The minimum Gasteiger partial charge on any atom is -0.478 e. The van der Waals surface area contributed by atoms with Crippen LogP contribution >= 0.6 is 0 Å². The average molecular weight is 278 g/mol. The lowest BCUT2D eigenvalue weighted by Crippen LogP contribution is -2.18. The topological polar surface area (TPSA) is 63.6 Å². The van der Waals surface area contributed by atoms with Crippen LogP contribution in [0.3, 0.4) is 0 Å². The summed E-state index contributed by atoms with van der Waals surface area (Å²) in [4.78, 5) is 23.1. The lowest BCUT2D eigenvalue weighted by Gasteiger charge is -2.16. The van der Waals surface area contributed by atoms with Crippen molar-refractivity contribution in [2.24, 2.45) is 5.92 Å². The molecule has 0 saturated carbocycles. The van der Waals surface area contributed by atoms with E-state index < -0.39 is 11.9 Å². The Kier molecular flexibility index (Phi) is 6.22. The molecule has 0 amide bonds. The van der Waals surface area contributed by atoms with Gasteiger partial charge >= 0.3 is 11.9 Å². The quantitative estimate of drug-likeness (QED) is 0.771. The van der Waals surface area contributed by atoms with Gasteiger partial charge in [0, 0.05) is 0 Å². The van der Waals surface area contributed by atoms with E-state index in [0.717, 1.165) is 19.3 Å². The van der Waals surface area contributed by atoms with Gasteiger partial charge < -0.3 is 9.84 Å². The van der Waals surface area contributed by atoms with Crippen molar-refractivity contribution in [3.63, 3.8) is 0 Å². The number of carbonyl (C=O) groups is 2. The van der Waals surface area contributed by atoms with Crippen LogP contribution in [-0.2, 0) is 4.74 Å². The number of aromatic carboxylic acids is 1. The summed E-state index contributed by atoms with van der Waals surface area (Å²) in [7, 11) is 0. The van der Waals surface area contributed by atoms with Crippen molar-refractivity contribution in [2.45, 2.75) is 46.1 Å². The van der Waals surface area contributed by atoms with Crippen molar-refractivity contribution in [1.82, 2.24) is 0 Å². The van der Waals surface area contributed by atoms with E-state index in [-0.39, 0.29) is 17.2 Å². The number of hydrogen-bond donors (Lipinski definition) is 1. The van der Waals surface area contributed by atoms with E-state index in [1.54, 1.807) is 12.1 Å². The van der Waals surface area contributed by atoms with E-state index in [1.807, 2.05) is 6.92 Å². The summed E-state index contributed by atoms with van der Waals surface area (Å²) in [6.45, 7) is 6.13. The number of carbonyl (C=O) groups excluding carboxylic acids is 1. The Balaban J connectivity index is 2.65. The van der Waals surface area contributed by atoms with Crippen LogP contribution in [0, 0.1) is 5.92 Å². The van der Waals surface area contributed by atoms with Crippen molar-refractivity contribution in [2.75, 3.05) is 0 Å². The molecule has 0 aromatic heterocycles. The zero-order valence-corrected chi connectivity index (χ0v) is 12.3. The molecule has 0 aliphatic heterocycles. The fourth-order valence-electron chi connectivity index (χ4n) is 1.88. The van der Waals surface area contributed by atoms with Crippen LogP contribution in [0.25, 0.3) is 0 Å². The van der Waals surface area contributed by atoms with Gasteiger partial charge in [0.25, 0.3) is 0 Å². The first-order valence-corrected chi connectivity index (χ1v) is 6.99. The van der Waals surface area contributed by atoms with Crippen molar-refractivity contribution in [1.29, 1.82) is 0 Å². The third-order valence-electron chi connectivity index (χ3n) is 3.45. The summed E-state index contributed by atoms with van der Waals surface area (Å²) in [6.07, 6.45) is 2.67. The molecule has 1 aromatic rings. The first kappa shape index (κ1) is 16.2. The molecule has 20 heavy (non-hydrogen) atoms. The van der Waals surface area contributed by atoms with E-state index >= 15 is 0 Å². The molecule has 4 heteroatoms. The first-order valence-electron chi connectivity index (χ1n) is 6.99. The molecule has 2 unspecified atom stereocenters. The summed E-state index contributed by atoms with van der Waals surface area (Å²) in [5, 5.41) is 9.05. The summed E-state index contributed by atoms with van der Waals surface area (Å²) < 4.78 is 5.32. The van der Waals surface area contributed by atoms with Gasteiger partial charge in [0.2, 0.25) is 0 Å². The molecular weight excluding hydrogens is 256 g/mol. The van der Waals surface area contributed by atoms with Crippen molar-refractivity contribution < 1.29 is 19.4 Å². The molecule has 0 radical (unpaired) electrons. The summed E-state index contributed by atoms with van der Waals surface area (Å²) in [5.41, 5.74) is 0.0852. The van der Waals surface area contributed by atoms with Gasteiger partial charge in [-0.05, 0) is 37.8 Å². The van der Waals surface area contributed by atoms with E-state index in [1.165, 1.54) is 12.1 Å². The van der Waals surface area contributed by atoms with Gasteiger partial charge in [0.1, 0.15) is 0 Å². The molecule has 1 rings (SSSR count). The molecule has 0 saturated heterocycles. The molecule has 0 heterocycles. The molecule has 0 bridgehead atoms. The predicted molar refractivity (Wildman–Crippen MR) is 77.0 cm³/mol.